The van der Waals surface area contributed by atoms with Crippen molar-refractivity contribution >= 4 is 11.9 Å². The molecule has 0 aliphatic heterocycles. The summed E-state index contributed by atoms with van der Waals surface area (Å²) < 4.78 is 50.5. The van der Waals surface area contributed by atoms with E-state index in [9.17, 15) is 18.4 Å². The second-order valence-electron chi connectivity index (χ2n) is 8.78. The van der Waals surface area contributed by atoms with Crippen LogP contribution in [0.3, 0.4) is 0 Å². The number of halogens is 2. The number of rotatable bonds is 16. The predicted molar refractivity (Wildman–Crippen MR) is 148 cm³/mol. The van der Waals surface area contributed by atoms with Crippen molar-refractivity contribution in [3.8, 4) is 23.0 Å². The standard InChI is InChI=1S/C32H32F2O6/c1-3-5-7-9-21-37-25-15-11-23(12-16-25)31(35)39-27-19-20-28(30(34)29(27)33)40-32(36)24-13-17-26(18-14-24)38-22-10-8-6-4-2/h3-4,11-20H,1-2,5-10,21-22H2. The van der Waals surface area contributed by atoms with E-state index in [1.807, 2.05) is 12.2 Å². The van der Waals surface area contributed by atoms with Gasteiger partial charge >= 0.3 is 11.9 Å². The lowest BCUT2D eigenvalue weighted by molar-refractivity contribution is 0.0706. The molecule has 0 saturated heterocycles. The van der Waals surface area contributed by atoms with Crippen LogP contribution in [0.15, 0.2) is 86.0 Å². The highest BCUT2D eigenvalue weighted by Gasteiger charge is 2.21. The Morgan fingerprint density at radius 2 is 0.975 bits per heavy atom. The minimum Gasteiger partial charge on any atom is -0.494 e. The molecule has 0 amide bonds. The lowest BCUT2D eigenvalue weighted by Crippen LogP contribution is -2.12. The summed E-state index contributed by atoms with van der Waals surface area (Å²) in [6.07, 6.45) is 9.18. The molecule has 0 unspecified atom stereocenters. The zero-order valence-corrected chi connectivity index (χ0v) is 22.2. The first kappa shape index (κ1) is 30.1. The number of carbonyl (C=O) groups excluding carboxylic acids is 2. The zero-order chi connectivity index (χ0) is 28.7. The Kier molecular flexibility index (Phi) is 11.9. The van der Waals surface area contributed by atoms with Gasteiger partial charge in [-0.25, -0.2) is 9.59 Å². The molecule has 8 heteroatoms. The quantitative estimate of drug-likeness (QED) is 0.0782. The molecule has 0 spiro atoms. The van der Waals surface area contributed by atoms with Crippen molar-refractivity contribution in [1.82, 2.24) is 0 Å². The van der Waals surface area contributed by atoms with Gasteiger partial charge in [0.05, 0.1) is 24.3 Å². The molecule has 0 N–H and O–H groups in total. The lowest BCUT2D eigenvalue weighted by Gasteiger charge is -2.11. The monoisotopic (exact) mass is 550 g/mol. The maximum atomic E-state index is 14.6. The molecule has 3 rings (SSSR count). The van der Waals surface area contributed by atoms with Crippen LogP contribution in [0.1, 0.15) is 59.2 Å². The summed E-state index contributed by atoms with van der Waals surface area (Å²) in [6, 6.07) is 14.2. The first-order valence-corrected chi connectivity index (χ1v) is 13.0. The van der Waals surface area contributed by atoms with Gasteiger partial charge in [0, 0.05) is 0 Å². The molecule has 3 aromatic carbocycles. The molecule has 0 fully saturated rings. The first-order valence-electron chi connectivity index (χ1n) is 13.0. The molecule has 0 atom stereocenters. The zero-order valence-electron chi connectivity index (χ0n) is 22.2. The molecule has 0 bridgehead atoms. The number of unbranched alkanes of at least 4 members (excludes halogenated alkanes) is 4. The van der Waals surface area contributed by atoms with Crippen molar-refractivity contribution in [3.63, 3.8) is 0 Å². The summed E-state index contributed by atoms with van der Waals surface area (Å²) in [5, 5.41) is 0. The van der Waals surface area contributed by atoms with Gasteiger partial charge in [-0.3, -0.25) is 0 Å². The molecular formula is C32H32F2O6. The number of allylic oxidation sites excluding steroid dienone is 2. The molecule has 0 aromatic heterocycles. The van der Waals surface area contributed by atoms with Gasteiger partial charge in [-0.15, -0.1) is 13.2 Å². The van der Waals surface area contributed by atoms with E-state index in [4.69, 9.17) is 18.9 Å². The van der Waals surface area contributed by atoms with Gasteiger partial charge < -0.3 is 18.9 Å². The highest BCUT2D eigenvalue weighted by molar-refractivity contribution is 5.92. The topological polar surface area (TPSA) is 71.1 Å². The van der Waals surface area contributed by atoms with Crippen molar-refractivity contribution in [1.29, 1.82) is 0 Å². The summed E-state index contributed by atoms with van der Waals surface area (Å²) >= 11 is 0. The van der Waals surface area contributed by atoms with Crippen LogP contribution in [-0.4, -0.2) is 25.2 Å². The van der Waals surface area contributed by atoms with E-state index in [-0.39, 0.29) is 11.1 Å². The van der Waals surface area contributed by atoms with Crippen LogP contribution in [0.4, 0.5) is 8.78 Å². The third-order valence-electron chi connectivity index (χ3n) is 5.74. The summed E-state index contributed by atoms with van der Waals surface area (Å²) in [4.78, 5) is 24.9. The highest BCUT2D eigenvalue weighted by atomic mass is 19.2. The third kappa shape index (κ3) is 9.08. The molecule has 0 heterocycles. The second-order valence-corrected chi connectivity index (χ2v) is 8.78. The van der Waals surface area contributed by atoms with E-state index in [2.05, 4.69) is 13.2 Å². The van der Waals surface area contributed by atoms with Gasteiger partial charge in [0.2, 0.25) is 11.6 Å². The van der Waals surface area contributed by atoms with Gasteiger partial charge in [-0.05, 0) is 99.2 Å². The van der Waals surface area contributed by atoms with Crippen molar-refractivity contribution in [2.24, 2.45) is 0 Å². The number of esters is 2. The van der Waals surface area contributed by atoms with E-state index in [0.717, 1.165) is 50.7 Å². The lowest BCUT2D eigenvalue weighted by atomic mass is 10.2. The van der Waals surface area contributed by atoms with Crippen molar-refractivity contribution in [2.45, 2.75) is 38.5 Å². The third-order valence-corrected chi connectivity index (χ3v) is 5.74. The molecule has 6 nitrogen and oxygen atoms in total. The molecule has 0 aliphatic rings. The fourth-order valence-corrected chi connectivity index (χ4v) is 3.53. The van der Waals surface area contributed by atoms with E-state index in [0.29, 0.717) is 24.7 Å². The smallest absolute Gasteiger partial charge is 0.343 e. The maximum Gasteiger partial charge on any atom is 0.343 e. The molecular weight excluding hydrogens is 518 g/mol. The van der Waals surface area contributed by atoms with Gasteiger partial charge in [0.15, 0.2) is 11.5 Å². The Bertz CT molecular complexity index is 1190. The van der Waals surface area contributed by atoms with Gasteiger partial charge in [0.1, 0.15) is 11.5 Å². The van der Waals surface area contributed by atoms with Crippen molar-refractivity contribution in [3.05, 3.63) is 109 Å². The normalized spacial score (nSPS) is 10.4. The highest BCUT2D eigenvalue weighted by Crippen LogP contribution is 2.29. The summed E-state index contributed by atoms with van der Waals surface area (Å²) in [6.45, 7) is 8.39. The van der Waals surface area contributed by atoms with Crippen LogP contribution < -0.4 is 18.9 Å². The molecule has 40 heavy (non-hydrogen) atoms. The van der Waals surface area contributed by atoms with Gasteiger partial charge in [-0.2, -0.15) is 8.78 Å². The molecule has 0 saturated carbocycles. The number of benzene rings is 3. The van der Waals surface area contributed by atoms with E-state index >= 15 is 0 Å². The largest absolute Gasteiger partial charge is 0.494 e. The first-order chi connectivity index (χ1) is 19.4. The van der Waals surface area contributed by atoms with E-state index in [1.54, 1.807) is 24.3 Å². The molecule has 3 aromatic rings. The summed E-state index contributed by atoms with van der Waals surface area (Å²) in [7, 11) is 0. The molecule has 0 aliphatic carbocycles. The molecule has 0 radical (unpaired) electrons. The Hall–Kier alpha value is -4.46. The average molecular weight is 551 g/mol. The number of hydrogen-bond acceptors (Lipinski definition) is 6. The van der Waals surface area contributed by atoms with E-state index in [1.165, 1.54) is 24.3 Å². The van der Waals surface area contributed by atoms with E-state index < -0.39 is 35.1 Å². The summed E-state index contributed by atoms with van der Waals surface area (Å²) in [5.74, 6) is -4.83. The predicted octanol–water partition coefficient (Wildman–Crippen LogP) is 7.87. The van der Waals surface area contributed by atoms with Crippen LogP contribution in [-0.2, 0) is 0 Å². The number of carbonyl (C=O) groups is 2. The fraction of sp³-hybridized carbons (Fsp3) is 0.250. The van der Waals surface area contributed by atoms with Crippen molar-refractivity contribution < 1.29 is 37.3 Å². The minimum atomic E-state index is -1.46. The van der Waals surface area contributed by atoms with Crippen LogP contribution in [0, 0.1) is 11.6 Å². The van der Waals surface area contributed by atoms with Crippen molar-refractivity contribution in [2.75, 3.05) is 13.2 Å². The Balaban J connectivity index is 1.54. The Morgan fingerprint density at radius 3 is 1.32 bits per heavy atom. The Morgan fingerprint density at radius 1 is 0.600 bits per heavy atom. The van der Waals surface area contributed by atoms with Crippen LogP contribution in [0.25, 0.3) is 0 Å². The minimum absolute atomic E-state index is 0.124. The number of hydrogen-bond donors (Lipinski definition) is 0. The van der Waals surface area contributed by atoms with Crippen LogP contribution in [0.5, 0.6) is 23.0 Å². The van der Waals surface area contributed by atoms with Gasteiger partial charge in [-0.1, -0.05) is 12.2 Å². The van der Waals surface area contributed by atoms with Crippen LogP contribution >= 0.6 is 0 Å². The number of ether oxygens (including phenoxy) is 4. The van der Waals surface area contributed by atoms with Crippen LogP contribution in [0.2, 0.25) is 0 Å². The Labute approximate surface area is 232 Å². The maximum absolute atomic E-state index is 14.6. The summed E-state index contributed by atoms with van der Waals surface area (Å²) in [5.41, 5.74) is 0.247. The fourth-order valence-electron chi connectivity index (χ4n) is 3.53. The SMILES string of the molecule is C=CCCCCOc1ccc(C(=O)Oc2ccc(OC(=O)c3ccc(OCCCCC=C)cc3)c(F)c2F)cc1. The second kappa shape index (κ2) is 15.8. The average Bonchev–Trinajstić information content (AvgIpc) is 2.97. The molecule has 210 valence electrons. The van der Waals surface area contributed by atoms with Gasteiger partial charge in [0.25, 0.3) is 0 Å².